The van der Waals surface area contributed by atoms with E-state index in [0.717, 1.165) is 5.56 Å². The van der Waals surface area contributed by atoms with Gasteiger partial charge in [-0.25, -0.2) is 18.5 Å². The summed E-state index contributed by atoms with van der Waals surface area (Å²) in [6.07, 6.45) is 2.50. The Bertz CT molecular complexity index is 1670. The first-order valence-corrected chi connectivity index (χ1v) is 13.3. The van der Waals surface area contributed by atoms with Crippen molar-refractivity contribution in [3.8, 4) is 17.1 Å². The van der Waals surface area contributed by atoms with E-state index in [1.807, 2.05) is 6.92 Å². The average molecular weight is 547 g/mol. The number of aromatic nitrogens is 3. The molecule has 12 heteroatoms. The summed E-state index contributed by atoms with van der Waals surface area (Å²) in [7, 11) is -4.22. The molecular formula is C25H27ClN4O6S. The molecule has 0 aliphatic rings. The number of nitrogens with zero attached hydrogens (tertiary/aromatic N) is 3. The first-order valence-electron chi connectivity index (χ1n) is 11.3. The predicted molar refractivity (Wildman–Crippen MR) is 139 cm³/mol. The fourth-order valence-electron chi connectivity index (χ4n) is 4.06. The zero-order valence-electron chi connectivity index (χ0n) is 20.9. The molecule has 3 aromatic heterocycles. The standard InChI is InChI=1S/C25H27ClN4O6S/c1-13-8-17(15(3)35-19-6-7-20(26)29-24(19)37(27,33)34)23-18(9-13)21(31)14(2)22(36-23)16-10-28-30(11-16)12-25(4,5)32/h6-11,15,32H,12H2,1-5H3,(H2,27,33,34)/t15-/m1/s1. The third kappa shape index (κ3) is 5.69. The molecule has 4 aromatic rings. The van der Waals surface area contributed by atoms with Gasteiger partial charge in [-0.05, 0) is 64.4 Å². The normalized spacial score (nSPS) is 13.2. The summed E-state index contributed by atoms with van der Waals surface area (Å²) in [5.74, 6) is 0.242. The summed E-state index contributed by atoms with van der Waals surface area (Å²) in [5.41, 5.74) is 1.37. The van der Waals surface area contributed by atoms with Crippen LogP contribution in [0.1, 0.15) is 43.6 Å². The topological polar surface area (TPSA) is 151 Å². The molecule has 0 aliphatic heterocycles. The average Bonchev–Trinajstić information content (AvgIpc) is 3.22. The second kappa shape index (κ2) is 9.56. The molecule has 1 atom stereocenters. The number of halogens is 1. The molecule has 196 valence electrons. The predicted octanol–water partition coefficient (Wildman–Crippen LogP) is 3.88. The lowest BCUT2D eigenvalue weighted by molar-refractivity contribution is 0.0577. The molecule has 10 nitrogen and oxygen atoms in total. The molecule has 3 heterocycles. The summed E-state index contributed by atoms with van der Waals surface area (Å²) in [5, 5.41) is 19.5. The number of benzene rings is 1. The highest BCUT2D eigenvalue weighted by molar-refractivity contribution is 7.89. The highest BCUT2D eigenvalue weighted by atomic mass is 35.5. The number of fused-ring (bicyclic) bond motifs is 1. The van der Waals surface area contributed by atoms with Gasteiger partial charge >= 0.3 is 0 Å². The molecule has 0 spiro atoms. The Labute approximate surface area is 218 Å². The van der Waals surface area contributed by atoms with Crippen molar-refractivity contribution in [1.29, 1.82) is 0 Å². The summed E-state index contributed by atoms with van der Waals surface area (Å²) >= 11 is 5.86. The van der Waals surface area contributed by atoms with Crippen LogP contribution >= 0.6 is 11.6 Å². The largest absolute Gasteiger partial charge is 0.483 e. The first kappa shape index (κ1) is 26.8. The number of rotatable bonds is 7. The Balaban J connectivity index is 1.84. The van der Waals surface area contributed by atoms with Crippen LogP contribution in [0.25, 0.3) is 22.3 Å². The maximum Gasteiger partial charge on any atom is 0.259 e. The van der Waals surface area contributed by atoms with Crippen LogP contribution in [0.4, 0.5) is 0 Å². The number of sulfonamides is 1. The van der Waals surface area contributed by atoms with Gasteiger partial charge in [0, 0.05) is 17.3 Å². The van der Waals surface area contributed by atoms with Gasteiger partial charge in [0.2, 0.25) is 5.03 Å². The third-order valence-corrected chi connectivity index (χ3v) is 6.68. The fraction of sp³-hybridized carbons (Fsp3) is 0.320. The maximum atomic E-state index is 13.4. The van der Waals surface area contributed by atoms with Crippen molar-refractivity contribution in [1.82, 2.24) is 14.8 Å². The van der Waals surface area contributed by atoms with Crippen molar-refractivity contribution in [3.05, 3.63) is 68.7 Å². The fourth-order valence-corrected chi connectivity index (χ4v) is 4.88. The SMILES string of the molecule is Cc1cc([C@@H](C)Oc2ccc(Cl)nc2S(N)(=O)=O)c2oc(-c3cnn(CC(C)(C)O)c3)c(C)c(=O)c2c1. The Morgan fingerprint density at radius 3 is 2.62 bits per heavy atom. The highest BCUT2D eigenvalue weighted by Crippen LogP contribution is 2.34. The van der Waals surface area contributed by atoms with Crippen molar-refractivity contribution < 1.29 is 22.7 Å². The van der Waals surface area contributed by atoms with Crippen LogP contribution in [0.5, 0.6) is 5.75 Å². The van der Waals surface area contributed by atoms with E-state index in [2.05, 4.69) is 10.1 Å². The van der Waals surface area contributed by atoms with Crippen LogP contribution in [0.2, 0.25) is 5.15 Å². The van der Waals surface area contributed by atoms with E-state index >= 15 is 0 Å². The molecule has 0 aliphatic carbocycles. The quantitative estimate of drug-likeness (QED) is 0.331. The lowest BCUT2D eigenvalue weighted by Crippen LogP contribution is -2.26. The number of nitrogens with two attached hydrogens (primary N) is 1. The van der Waals surface area contributed by atoms with E-state index < -0.39 is 26.8 Å². The number of hydrogen-bond acceptors (Lipinski definition) is 8. The van der Waals surface area contributed by atoms with Crippen LogP contribution < -0.4 is 15.3 Å². The van der Waals surface area contributed by atoms with Gasteiger partial charge < -0.3 is 14.3 Å². The van der Waals surface area contributed by atoms with Crippen molar-refractivity contribution in [3.63, 3.8) is 0 Å². The summed E-state index contributed by atoms with van der Waals surface area (Å²) in [6.45, 7) is 8.79. The summed E-state index contributed by atoms with van der Waals surface area (Å²) in [6, 6.07) is 6.28. The molecule has 0 bridgehead atoms. The first-order chi connectivity index (χ1) is 17.1. The molecule has 37 heavy (non-hydrogen) atoms. The van der Waals surface area contributed by atoms with Gasteiger partial charge in [-0.2, -0.15) is 5.10 Å². The Kier molecular flexibility index (Phi) is 6.93. The van der Waals surface area contributed by atoms with Crippen molar-refractivity contribution in [2.45, 2.75) is 57.9 Å². The Morgan fingerprint density at radius 2 is 1.97 bits per heavy atom. The van der Waals surface area contributed by atoms with E-state index in [-0.39, 0.29) is 28.5 Å². The van der Waals surface area contributed by atoms with Crippen molar-refractivity contribution in [2.24, 2.45) is 5.14 Å². The van der Waals surface area contributed by atoms with E-state index in [0.29, 0.717) is 27.8 Å². The number of hydrogen-bond donors (Lipinski definition) is 2. The minimum absolute atomic E-state index is 0.0544. The minimum Gasteiger partial charge on any atom is -0.483 e. The number of primary sulfonamides is 1. The van der Waals surface area contributed by atoms with Crippen LogP contribution in [-0.4, -0.2) is 33.9 Å². The van der Waals surface area contributed by atoms with Crippen molar-refractivity contribution in [2.75, 3.05) is 0 Å². The third-order valence-electron chi connectivity index (χ3n) is 5.64. The molecular weight excluding hydrogens is 520 g/mol. The van der Waals surface area contributed by atoms with E-state index in [1.54, 1.807) is 56.9 Å². The smallest absolute Gasteiger partial charge is 0.259 e. The number of ether oxygens (including phenoxy) is 1. The lowest BCUT2D eigenvalue weighted by Gasteiger charge is -2.19. The van der Waals surface area contributed by atoms with E-state index in [4.69, 9.17) is 25.9 Å². The number of pyridine rings is 1. The molecule has 4 rings (SSSR count). The minimum atomic E-state index is -4.22. The second-order valence-electron chi connectivity index (χ2n) is 9.60. The van der Waals surface area contributed by atoms with Crippen LogP contribution in [0.15, 0.2) is 50.9 Å². The number of aryl methyl sites for hydroxylation is 1. The van der Waals surface area contributed by atoms with Crippen LogP contribution in [0, 0.1) is 13.8 Å². The van der Waals surface area contributed by atoms with Gasteiger partial charge in [-0.3, -0.25) is 9.48 Å². The highest BCUT2D eigenvalue weighted by Gasteiger charge is 2.24. The Hall–Kier alpha value is -3.25. The van der Waals surface area contributed by atoms with Gasteiger partial charge in [0.1, 0.15) is 22.6 Å². The van der Waals surface area contributed by atoms with E-state index in [9.17, 15) is 18.3 Å². The second-order valence-corrected chi connectivity index (χ2v) is 11.5. The lowest BCUT2D eigenvalue weighted by atomic mass is 10.0. The maximum absolute atomic E-state index is 13.4. The molecule has 3 N–H and O–H groups in total. The molecule has 0 saturated heterocycles. The van der Waals surface area contributed by atoms with Crippen molar-refractivity contribution >= 4 is 32.6 Å². The van der Waals surface area contributed by atoms with Crippen LogP contribution in [-0.2, 0) is 16.6 Å². The monoisotopic (exact) mass is 546 g/mol. The van der Waals surface area contributed by atoms with Gasteiger partial charge in [-0.15, -0.1) is 0 Å². The molecule has 1 aromatic carbocycles. The van der Waals surface area contributed by atoms with Gasteiger partial charge in [0.15, 0.2) is 11.2 Å². The van der Waals surface area contributed by atoms with Gasteiger partial charge in [0.05, 0.1) is 29.3 Å². The molecule has 0 fully saturated rings. The zero-order valence-corrected chi connectivity index (χ0v) is 22.5. The number of aliphatic hydroxyl groups is 1. The molecule has 0 radical (unpaired) electrons. The zero-order chi connectivity index (χ0) is 27.3. The van der Waals surface area contributed by atoms with Crippen LogP contribution in [0.3, 0.4) is 0 Å². The van der Waals surface area contributed by atoms with Gasteiger partial charge in [-0.1, -0.05) is 11.6 Å². The Morgan fingerprint density at radius 1 is 1.27 bits per heavy atom. The summed E-state index contributed by atoms with van der Waals surface area (Å²) < 4.78 is 37.9. The molecule has 0 saturated carbocycles. The molecule has 0 amide bonds. The van der Waals surface area contributed by atoms with Gasteiger partial charge in [0.25, 0.3) is 10.0 Å². The molecule has 0 unspecified atom stereocenters. The summed E-state index contributed by atoms with van der Waals surface area (Å²) in [4.78, 5) is 17.2. The van der Waals surface area contributed by atoms with E-state index in [1.165, 1.54) is 12.1 Å².